The van der Waals surface area contributed by atoms with Crippen LogP contribution in [-0.4, -0.2) is 44.7 Å². The van der Waals surface area contributed by atoms with E-state index in [-0.39, 0.29) is 5.91 Å². The van der Waals surface area contributed by atoms with Gasteiger partial charge >= 0.3 is 0 Å². The summed E-state index contributed by atoms with van der Waals surface area (Å²) in [6.07, 6.45) is 2.55. The number of likely N-dealkylation sites (N-methyl/N-ethyl adjacent to an activating group) is 1. The maximum atomic E-state index is 12.3. The third-order valence-corrected chi connectivity index (χ3v) is 3.38. The van der Waals surface area contributed by atoms with Crippen LogP contribution in [0, 0.1) is 5.92 Å². The molecule has 1 saturated carbocycles. The number of hydrogen-bond acceptors (Lipinski definition) is 4. The van der Waals surface area contributed by atoms with Crippen molar-refractivity contribution in [2.45, 2.75) is 12.8 Å². The van der Waals surface area contributed by atoms with E-state index in [2.05, 4.69) is 0 Å². The van der Waals surface area contributed by atoms with Crippen molar-refractivity contribution in [2.75, 3.05) is 39.6 Å². The molecule has 0 aliphatic heterocycles. The summed E-state index contributed by atoms with van der Waals surface area (Å²) in [4.78, 5) is 13.9. The number of benzene rings is 1. The van der Waals surface area contributed by atoms with Crippen molar-refractivity contribution in [3.8, 4) is 5.75 Å². The summed E-state index contributed by atoms with van der Waals surface area (Å²) in [5, 5.41) is 0. The Hall–Kier alpha value is -1.75. The summed E-state index contributed by atoms with van der Waals surface area (Å²) in [6.45, 7) is 1.95. The lowest BCUT2D eigenvalue weighted by Crippen LogP contribution is -2.30. The fourth-order valence-electron chi connectivity index (χ4n) is 1.92. The highest BCUT2D eigenvalue weighted by atomic mass is 16.5. The number of amides is 1. The molecule has 5 heteroatoms. The lowest BCUT2D eigenvalue weighted by Gasteiger charge is -2.18. The van der Waals surface area contributed by atoms with Crippen molar-refractivity contribution >= 4 is 11.6 Å². The molecule has 0 radical (unpaired) electrons. The summed E-state index contributed by atoms with van der Waals surface area (Å²) in [5.74, 6) is 1.26. The van der Waals surface area contributed by atoms with Crippen LogP contribution in [0.2, 0.25) is 0 Å². The Morgan fingerprint density at radius 1 is 1.40 bits per heavy atom. The zero-order valence-corrected chi connectivity index (χ0v) is 12.1. The summed E-state index contributed by atoms with van der Waals surface area (Å²) in [5.41, 5.74) is 6.81. The Kier molecular flexibility index (Phi) is 4.84. The van der Waals surface area contributed by atoms with E-state index < -0.39 is 0 Å². The smallest absolute Gasteiger partial charge is 0.253 e. The van der Waals surface area contributed by atoms with Crippen LogP contribution in [0.25, 0.3) is 0 Å². The summed E-state index contributed by atoms with van der Waals surface area (Å²) in [6, 6.07) is 5.04. The largest absolute Gasteiger partial charge is 0.497 e. The molecule has 0 atom stereocenters. The number of anilines is 1. The monoisotopic (exact) mass is 278 g/mol. The zero-order valence-electron chi connectivity index (χ0n) is 12.1. The fourth-order valence-corrected chi connectivity index (χ4v) is 1.92. The van der Waals surface area contributed by atoms with Gasteiger partial charge in [-0.1, -0.05) is 0 Å². The van der Waals surface area contributed by atoms with E-state index in [0.717, 1.165) is 12.5 Å². The number of nitrogens with zero attached hydrogens (tertiary/aromatic N) is 1. The van der Waals surface area contributed by atoms with Crippen LogP contribution in [-0.2, 0) is 4.74 Å². The van der Waals surface area contributed by atoms with Crippen LogP contribution in [0.1, 0.15) is 23.2 Å². The van der Waals surface area contributed by atoms with E-state index in [1.165, 1.54) is 12.8 Å². The molecule has 110 valence electrons. The van der Waals surface area contributed by atoms with E-state index in [1.54, 1.807) is 37.3 Å². The molecule has 1 amide bonds. The van der Waals surface area contributed by atoms with E-state index in [4.69, 9.17) is 15.2 Å². The summed E-state index contributed by atoms with van der Waals surface area (Å²) in [7, 11) is 3.32. The predicted molar refractivity (Wildman–Crippen MR) is 77.9 cm³/mol. The highest BCUT2D eigenvalue weighted by Gasteiger charge is 2.21. The van der Waals surface area contributed by atoms with Crippen molar-refractivity contribution in [1.82, 2.24) is 4.90 Å². The molecule has 0 saturated heterocycles. The number of hydrogen-bond donors (Lipinski definition) is 1. The molecular weight excluding hydrogens is 256 g/mol. The molecule has 1 fully saturated rings. The van der Waals surface area contributed by atoms with Crippen molar-refractivity contribution in [3.63, 3.8) is 0 Å². The van der Waals surface area contributed by atoms with E-state index >= 15 is 0 Å². The first-order valence-corrected chi connectivity index (χ1v) is 6.88. The molecule has 20 heavy (non-hydrogen) atoms. The molecule has 2 rings (SSSR count). The third-order valence-electron chi connectivity index (χ3n) is 3.38. The molecular formula is C15H22N2O3. The molecule has 1 aromatic carbocycles. The standard InChI is InChI=1S/C15H22N2O3/c1-17(5-6-20-10-11-3-4-11)15(18)12-7-13(16)9-14(8-12)19-2/h7-9,11H,3-6,10,16H2,1-2H3. The van der Waals surface area contributed by atoms with Crippen LogP contribution in [0.4, 0.5) is 5.69 Å². The van der Waals surface area contributed by atoms with Crippen molar-refractivity contribution < 1.29 is 14.3 Å². The zero-order chi connectivity index (χ0) is 14.5. The minimum absolute atomic E-state index is 0.0781. The average Bonchev–Trinajstić information content (AvgIpc) is 3.25. The number of carbonyl (C=O) groups excluding carboxylic acids is 1. The first-order chi connectivity index (χ1) is 9.60. The Morgan fingerprint density at radius 3 is 2.80 bits per heavy atom. The first-order valence-electron chi connectivity index (χ1n) is 6.88. The second-order valence-electron chi connectivity index (χ2n) is 5.24. The number of nitrogen functional groups attached to an aromatic ring is 1. The second kappa shape index (κ2) is 6.61. The lowest BCUT2D eigenvalue weighted by atomic mass is 10.1. The molecule has 0 heterocycles. The highest BCUT2D eigenvalue weighted by Crippen LogP contribution is 2.28. The van der Waals surface area contributed by atoms with Gasteiger partial charge < -0.3 is 20.1 Å². The van der Waals surface area contributed by atoms with Gasteiger partial charge in [-0.2, -0.15) is 0 Å². The van der Waals surface area contributed by atoms with Gasteiger partial charge in [0.2, 0.25) is 0 Å². The van der Waals surface area contributed by atoms with Gasteiger partial charge in [0.25, 0.3) is 5.91 Å². The molecule has 0 bridgehead atoms. The Balaban J connectivity index is 1.86. The van der Waals surface area contributed by atoms with Gasteiger partial charge in [0, 0.05) is 37.5 Å². The number of methoxy groups -OCH3 is 1. The van der Waals surface area contributed by atoms with Gasteiger partial charge in [0.15, 0.2) is 0 Å². The Labute approximate surface area is 119 Å². The van der Waals surface area contributed by atoms with E-state index in [9.17, 15) is 4.79 Å². The summed E-state index contributed by atoms with van der Waals surface area (Å²) < 4.78 is 10.7. The molecule has 0 spiro atoms. The molecule has 1 aliphatic rings. The van der Waals surface area contributed by atoms with Crippen LogP contribution in [0.5, 0.6) is 5.75 Å². The Morgan fingerprint density at radius 2 is 2.15 bits per heavy atom. The third kappa shape index (κ3) is 4.13. The van der Waals surface area contributed by atoms with Gasteiger partial charge in [0.05, 0.1) is 13.7 Å². The quantitative estimate of drug-likeness (QED) is 0.610. The van der Waals surface area contributed by atoms with E-state index in [0.29, 0.717) is 30.2 Å². The minimum atomic E-state index is -0.0781. The topological polar surface area (TPSA) is 64.8 Å². The van der Waals surface area contributed by atoms with Gasteiger partial charge in [0.1, 0.15) is 5.75 Å². The molecule has 1 aliphatic carbocycles. The number of carbonyl (C=O) groups is 1. The van der Waals surface area contributed by atoms with Gasteiger partial charge in [-0.05, 0) is 30.9 Å². The first kappa shape index (κ1) is 14.7. The average molecular weight is 278 g/mol. The fraction of sp³-hybridized carbons (Fsp3) is 0.533. The maximum Gasteiger partial charge on any atom is 0.253 e. The van der Waals surface area contributed by atoms with Crippen LogP contribution >= 0.6 is 0 Å². The lowest BCUT2D eigenvalue weighted by molar-refractivity contribution is 0.0681. The maximum absolute atomic E-state index is 12.3. The number of nitrogens with two attached hydrogens (primary N) is 1. The van der Waals surface area contributed by atoms with Crippen molar-refractivity contribution in [2.24, 2.45) is 5.92 Å². The summed E-state index contributed by atoms with van der Waals surface area (Å²) >= 11 is 0. The number of rotatable bonds is 7. The second-order valence-corrected chi connectivity index (χ2v) is 5.24. The minimum Gasteiger partial charge on any atom is -0.497 e. The van der Waals surface area contributed by atoms with Crippen LogP contribution < -0.4 is 10.5 Å². The predicted octanol–water partition coefficient (Wildman–Crippen LogP) is 1.78. The highest BCUT2D eigenvalue weighted by molar-refractivity contribution is 5.95. The van der Waals surface area contributed by atoms with Gasteiger partial charge in [-0.3, -0.25) is 4.79 Å². The van der Waals surface area contributed by atoms with Crippen LogP contribution in [0.3, 0.4) is 0 Å². The SMILES string of the molecule is COc1cc(N)cc(C(=O)N(C)CCOCC2CC2)c1. The van der Waals surface area contributed by atoms with Crippen molar-refractivity contribution in [1.29, 1.82) is 0 Å². The molecule has 0 aromatic heterocycles. The van der Waals surface area contributed by atoms with Gasteiger partial charge in [-0.25, -0.2) is 0 Å². The molecule has 1 aromatic rings. The van der Waals surface area contributed by atoms with E-state index in [1.807, 2.05) is 0 Å². The molecule has 0 unspecified atom stereocenters. The molecule has 5 nitrogen and oxygen atoms in total. The van der Waals surface area contributed by atoms with Gasteiger partial charge in [-0.15, -0.1) is 0 Å². The number of ether oxygens (including phenoxy) is 2. The Bertz CT molecular complexity index is 472. The van der Waals surface area contributed by atoms with Crippen molar-refractivity contribution in [3.05, 3.63) is 23.8 Å². The van der Waals surface area contributed by atoms with Crippen LogP contribution in [0.15, 0.2) is 18.2 Å². The normalized spacial score (nSPS) is 14.1. The molecule has 2 N–H and O–H groups in total.